The van der Waals surface area contributed by atoms with E-state index >= 15 is 0 Å². The van der Waals surface area contributed by atoms with Gasteiger partial charge in [0.15, 0.2) is 0 Å². The molecule has 0 aliphatic rings. The zero-order chi connectivity index (χ0) is 19.7. The van der Waals surface area contributed by atoms with Crippen molar-refractivity contribution in [2.24, 2.45) is 0 Å². The van der Waals surface area contributed by atoms with Crippen molar-refractivity contribution in [3.8, 4) is 11.4 Å². The Labute approximate surface area is 158 Å². The second-order valence-corrected chi connectivity index (χ2v) is 8.70. The molecule has 8 nitrogen and oxygen atoms in total. The van der Waals surface area contributed by atoms with Crippen LogP contribution in [0.5, 0.6) is 5.75 Å². The number of nitrogens with zero attached hydrogens (tertiary/aromatic N) is 4. The number of methoxy groups -OCH3 is 1. The predicted octanol–water partition coefficient (Wildman–Crippen LogP) is 2.77. The standard InChI is InChI=1S/C18H21N5O3S/c1-18(2,3)13-5-8-15(9-6-13)27(24,25)20-14-7-10-17(26-4)16(11-14)23-12-19-21-22-23/h5-12,20H,1-4H3. The fourth-order valence-electron chi connectivity index (χ4n) is 2.55. The molecule has 3 aromatic rings. The van der Waals surface area contributed by atoms with E-state index in [0.717, 1.165) is 5.56 Å². The molecule has 0 saturated heterocycles. The lowest BCUT2D eigenvalue weighted by atomic mass is 9.87. The highest BCUT2D eigenvalue weighted by Crippen LogP contribution is 2.28. The van der Waals surface area contributed by atoms with Crippen LogP contribution in [0.4, 0.5) is 5.69 Å². The average molecular weight is 387 g/mol. The van der Waals surface area contributed by atoms with Gasteiger partial charge in [0.05, 0.1) is 17.7 Å². The minimum Gasteiger partial charge on any atom is -0.494 e. The van der Waals surface area contributed by atoms with Crippen molar-refractivity contribution in [2.45, 2.75) is 31.1 Å². The van der Waals surface area contributed by atoms with E-state index in [9.17, 15) is 8.42 Å². The van der Waals surface area contributed by atoms with Gasteiger partial charge in [0, 0.05) is 0 Å². The van der Waals surface area contributed by atoms with Crippen LogP contribution in [-0.2, 0) is 15.4 Å². The van der Waals surface area contributed by atoms with Crippen molar-refractivity contribution in [3.63, 3.8) is 0 Å². The molecule has 3 rings (SSSR count). The van der Waals surface area contributed by atoms with Gasteiger partial charge in [0.25, 0.3) is 10.0 Å². The number of benzene rings is 2. The molecule has 142 valence electrons. The van der Waals surface area contributed by atoms with Gasteiger partial charge in [0.1, 0.15) is 17.8 Å². The van der Waals surface area contributed by atoms with Crippen LogP contribution in [0.3, 0.4) is 0 Å². The van der Waals surface area contributed by atoms with Gasteiger partial charge in [-0.2, -0.15) is 4.68 Å². The molecule has 2 aromatic carbocycles. The summed E-state index contributed by atoms with van der Waals surface area (Å²) in [6.07, 6.45) is 1.40. The van der Waals surface area contributed by atoms with E-state index < -0.39 is 10.0 Å². The third-order valence-electron chi connectivity index (χ3n) is 4.06. The Morgan fingerprint density at radius 1 is 1.07 bits per heavy atom. The first-order valence-electron chi connectivity index (χ1n) is 8.25. The summed E-state index contributed by atoms with van der Waals surface area (Å²) in [5.41, 5.74) is 1.91. The van der Waals surface area contributed by atoms with Crippen LogP contribution >= 0.6 is 0 Å². The largest absolute Gasteiger partial charge is 0.494 e. The Kier molecular flexibility index (Phi) is 4.88. The number of tetrazole rings is 1. The Hall–Kier alpha value is -2.94. The van der Waals surface area contributed by atoms with Crippen molar-refractivity contribution in [1.82, 2.24) is 20.2 Å². The zero-order valence-corrected chi connectivity index (χ0v) is 16.4. The number of aromatic nitrogens is 4. The van der Waals surface area contributed by atoms with E-state index in [2.05, 4.69) is 41.0 Å². The Balaban J connectivity index is 1.91. The molecule has 0 aliphatic carbocycles. The second kappa shape index (κ2) is 6.99. The van der Waals surface area contributed by atoms with Crippen LogP contribution in [0.25, 0.3) is 5.69 Å². The lowest BCUT2D eigenvalue weighted by Gasteiger charge is -2.19. The predicted molar refractivity (Wildman–Crippen MR) is 102 cm³/mol. The Morgan fingerprint density at radius 2 is 1.78 bits per heavy atom. The number of anilines is 1. The monoisotopic (exact) mass is 387 g/mol. The summed E-state index contributed by atoms with van der Waals surface area (Å²) < 4.78 is 34.7. The smallest absolute Gasteiger partial charge is 0.261 e. The van der Waals surface area contributed by atoms with E-state index in [4.69, 9.17) is 4.74 Å². The van der Waals surface area contributed by atoms with Crippen molar-refractivity contribution < 1.29 is 13.2 Å². The summed E-state index contributed by atoms with van der Waals surface area (Å²) in [4.78, 5) is 0.190. The minimum absolute atomic E-state index is 0.0492. The van der Waals surface area contributed by atoms with Gasteiger partial charge in [0.2, 0.25) is 0 Å². The number of hydrogen-bond acceptors (Lipinski definition) is 6. The maximum atomic E-state index is 12.7. The highest BCUT2D eigenvalue weighted by Gasteiger charge is 2.18. The molecule has 0 fully saturated rings. The molecule has 0 aliphatic heterocycles. The van der Waals surface area contributed by atoms with Crippen molar-refractivity contribution in [2.75, 3.05) is 11.8 Å². The number of hydrogen-bond donors (Lipinski definition) is 1. The minimum atomic E-state index is -3.73. The van der Waals surface area contributed by atoms with Crippen LogP contribution < -0.4 is 9.46 Å². The number of nitrogens with one attached hydrogen (secondary N) is 1. The third-order valence-corrected chi connectivity index (χ3v) is 5.45. The summed E-state index contributed by atoms with van der Waals surface area (Å²) in [5.74, 6) is 0.514. The topological polar surface area (TPSA) is 99.0 Å². The Morgan fingerprint density at radius 3 is 2.33 bits per heavy atom. The molecule has 1 aromatic heterocycles. The molecule has 0 spiro atoms. The lowest BCUT2D eigenvalue weighted by Crippen LogP contribution is -2.15. The molecular weight excluding hydrogens is 366 g/mol. The molecule has 27 heavy (non-hydrogen) atoms. The maximum Gasteiger partial charge on any atom is 0.261 e. The molecule has 9 heteroatoms. The quantitative estimate of drug-likeness (QED) is 0.723. The summed E-state index contributed by atoms with van der Waals surface area (Å²) in [6, 6.07) is 11.7. The van der Waals surface area contributed by atoms with Gasteiger partial charge in [-0.15, -0.1) is 5.10 Å². The fourth-order valence-corrected chi connectivity index (χ4v) is 3.60. The number of sulfonamides is 1. The first kappa shape index (κ1) is 18.8. The number of ether oxygens (including phenoxy) is 1. The molecule has 0 radical (unpaired) electrons. The molecule has 0 unspecified atom stereocenters. The second-order valence-electron chi connectivity index (χ2n) is 7.02. The molecule has 1 heterocycles. The van der Waals surface area contributed by atoms with Gasteiger partial charge >= 0.3 is 0 Å². The Bertz CT molecular complexity index is 1020. The normalized spacial score (nSPS) is 12.0. The van der Waals surface area contributed by atoms with E-state index in [0.29, 0.717) is 17.1 Å². The van der Waals surface area contributed by atoms with Crippen molar-refractivity contribution in [3.05, 3.63) is 54.4 Å². The van der Waals surface area contributed by atoms with E-state index in [1.54, 1.807) is 30.3 Å². The zero-order valence-electron chi connectivity index (χ0n) is 15.5. The highest BCUT2D eigenvalue weighted by atomic mass is 32.2. The van der Waals surface area contributed by atoms with Gasteiger partial charge in [-0.1, -0.05) is 32.9 Å². The summed E-state index contributed by atoms with van der Waals surface area (Å²) >= 11 is 0. The van der Waals surface area contributed by atoms with Gasteiger partial charge in [-0.3, -0.25) is 4.72 Å². The van der Waals surface area contributed by atoms with E-state index in [1.165, 1.54) is 18.1 Å². The molecule has 0 atom stereocenters. The first-order valence-corrected chi connectivity index (χ1v) is 9.74. The van der Waals surface area contributed by atoms with Crippen LogP contribution in [0.1, 0.15) is 26.3 Å². The van der Waals surface area contributed by atoms with Crippen LogP contribution in [-0.4, -0.2) is 35.7 Å². The lowest BCUT2D eigenvalue weighted by molar-refractivity contribution is 0.411. The van der Waals surface area contributed by atoms with E-state index in [-0.39, 0.29) is 10.3 Å². The van der Waals surface area contributed by atoms with Crippen molar-refractivity contribution in [1.29, 1.82) is 0 Å². The van der Waals surface area contributed by atoms with Crippen LogP contribution in [0, 0.1) is 0 Å². The van der Waals surface area contributed by atoms with Gasteiger partial charge in [-0.05, 0) is 51.7 Å². The molecule has 0 amide bonds. The SMILES string of the molecule is COc1ccc(NS(=O)(=O)c2ccc(C(C)(C)C)cc2)cc1-n1cnnn1. The summed E-state index contributed by atoms with van der Waals surface area (Å²) in [7, 11) is -2.21. The fraction of sp³-hybridized carbons (Fsp3) is 0.278. The van der Waals surface area contributed by atoms with Gasteiger partial charge in [-0.25, -0.2) is 8.42 Å². The first-order chi connectivity index (χ1) is 12.7. The summed E-state index contributed by atoms with van der Waals surface area (Å²) in [5, 5.41) is 11.0. The van der Waals surface area contributed by atoms with Crippen LogP contribution in [0.15, 0.2) is 53.7 Å². The van der Waals surface area contributed by atoms with E-state index in [1.807, 2.05) is 12.1 Å². The molecule has 1 N–H and O–H groups in total. The summed E-state index contributed by atoms with van der Waals surface area (Å²) in [6.45, 7) is 6.23. The van der Waals surface area contributed by atoms with Crippen molar-refractivity contribution >= 4 is 15.7 Å². The van der Waals surface area contributed by atoms with Gasteiger partial charge < -0.3 is 4.74 Å². The maximum absolute atomic E-state index is 12.7. The molecular formula is C18H21N5O3S. The molecule has 0 bridgehead atoms. The average Bonchev–Trinajstić information content (AvgIpc) is 3.15. The highest BCUT2D eigenvalue weighted by molar-refractivity contribution is 7.92. The number of rotatable bonds is 5. The van der Waals surface area contributed by atoms with Crippen LogP contribution in [0.2, 0.25) is 0 Å². The third kappa shape index (κ3) is 4.08. The molecule has 0 saturated carbocycles.